The van der Waals surface area contributed by atoms with Gasteiger partial charge < -0.3 is 15.6 Å². The fourth-order valence-corrected chi connectivity index (χ4v) is 4.02. The maximum Gasteiger partial charge on any atom is 0.268 e. The Kier molecular flexibility index (Phi) is 4.69. The number of primary amides is 1. The lowest BCUT2D eigenvalue weighted by Gasteiger charge is -2.19. The summed E-state index contributed by atoms with van der Waals surface area (Å²) in [4.78, 5) is 22.5. The van der Waals surface area contributed by atoms with E-state index in [1.54, 1.807) is 0 Å². The molecule has 1 aliphatic carbocycles. The second-order valence-electron chi connectivity index (χ2n) is 6.33. The highest BCUT2D eigenvalue weighted by atomic mass is 32.1. The largest absolute Gasteiger partial charge is 0.364 e. The van der Waals surface area contributed by atoms with Crippen molar-refractivity contribution in [3.05, 3.63) is 36.4 Å². The number of carbonyl (C=O) groups excluding carboxylic acids is 1. The zero-order chi connectivity index (χ0) is 18.8. The molecule has 7 nitrogen and oxygen atoms in total. The van der Waals surface area contributed by atoms with E-state index in [-0.39, 0.29) is 0 Å². The van der Waals surface area contributed by atoms with E-state index in [4.69, 9.17) is 5.73 Å². The van der Waals surface area contributed by atoms with E-state index in [0.717, 1.165) is 40.7 Å². The number of thiazole rings is 1. The van der Waals surface area contributed by atoms with E-state index in [1.165, 1.54) is 11.3 Å². The third-order valence-corrected chi connectivity index (χ3v) is 5.34. The summed E-state index contributed by atoms with van der Waals surface area (Å²) in [7, 11) is 0. The predicted molar refractivity (Wildman–Crippen MR) is 106 cm³/mol. The zero-order valence-electron chi connectivity index (χ0n) is 15.0. The number of rotatable bonds is 6. The van der Waals surface area contributed by atoms with Gasteiger partial charge in [-0.25, -0.2) is 4.98 Å². The Balaban J connectivity index is 1.69. The minimum atomic E-state index is -0.525. The van der Waals surface area contributed by atoms with Crippen LogP contribution in [0.5, 0.6) is 0 Å². The summed E-state index contributed by atoms with van der Waals surface area (Å²) in [6, 6.07) is 4.17. The summed E-state index contributed by atoms with van der Waals surface area (Å²) >= 11 is 1.47. The maximum absolute atomic E-state index is 11.9. The van der Waals surface area contributed by atoms with E-state index in [1.807, 2.05) is 42.3 Å². The lowest BCUT2D eigenvalue weighted by molar-refractivity contribution is 0.0997. The summed E-state index contributed by atoms with van der Waals surface area (Å²) < 4.78 is 1.82. The standard InChI is InChI=1S/C19H20N6OS/c1-2-3-4-10-24-12-14(11-22-24)25(13-7-8-13)19-23-16(18(20)26)17(27-19)15-6-5-9-21-15/h5-6,9,11-13,21H,2,7-8,10H2,1H3,(H2,20,26). The number of carbonyl (C=O) groups is 1. The molecule has 0 saturated heterocycles. The third kappa shape index (κ3) is 3.59. The normalized spacial score (nSPS) is 13.2. The second-order valence-corrected chi connectivity index (χ2v) is 7.30. The minimum Gasteiger partial charge on any atom is -0.364 e. The minimum absolute atomic E-state index is 0.296. The van der Waals surface area contributed by atoms with E-state index in [2.05, 4.69) is 31.8 Å². The van der Waals surface area contributed by atoms with Gasteiger partial charge in [-0.15, -0.1) is 5.92 Å². The SMILES string of the molecule is CCC#CCn1cc(N(c2nc(C(N)=O)c(-c3ccc[nH]3)s2)C2CC2)cn1. The van der Waals surface area contributed by atoms with Crippen LogP contribution in [0.2, 0.25) is 0 Å². The molecule has 27 heavy (non-hydrogen) atoms. The summed E-state index contributed by atoms with van der Waals surface area (Å²) in [6.07, 6.45) is 8.63. The fourth-order valence-electron chi connectivity index (χ4n) is 2.87. The van der Waals surface area contributed by atoms with Gasteiger partial charge in [0, 0.05) is 24.9 Å². The number of nitrogens with two attached hydrogens (primary N) is 1. The van der Waals surface area contributed by atoms with Gasteiger partial charge in [-0.3, -0.25) is 9.48 Å². The molecule has 0 radical (unpaired) electrons. The Bertz CT molecular complexity index is 1000. The Hall–Kier alpha value is -3.05. The summed E-state index contributed by atoms with van der Waals surface area (Å²) in [6.45, 7) is 2.58. The molecule has 1 saturated carbocycles. The van der Waals surface area contributed by atoms with Gasteiger partial charge in [-0.1, -0.05) is 24.2 Å². The average molecular weight is 380 g/mol. The quantitative estimate of drug-likeness (QED) is 0.643. The van der Waals surface area contributed by atoms with Crippen LogP contribution >= 0.6 is 11.3 Å². The molecule has 138 valence electrons. The molecule has 3 heterocycles. The molecule has 1 aliphatic rings. The molecule has 0 bridgehead atoms. The molecule has 3 aromatic heterocycles. The van der Waals surface area contributed by atoms with Crippen LogP contribution in [0.1, 0.15) is 36.7 Å². The van der Waals surface area contributed by atoms with Crippen molar-refractivity contribution in [1.29, 1.82) is 0 Å². The molecule has 1 amide bonds. The molecule has 3 aromatic rings. The lowest BCUT2D eigenvalue weighted by atomic mass is 10.3. The number of hydrogen-bond acceptors (Lipinski definition) is 5. The first-order valence-corrected chi connectivity index (χ1v) is 9.70. The molecular formula is C19H20N6OS. The number of H-pyrrole nitrogens is 1. The number of anilines is 2. The van der Waals surface area contributed by atoms with Crippen LogP contribution in [0.25, 0.3) is 10.6 Å². The average Bonchev–Trinajstić information content (AvgIpc) is 3.07. The molecule has 0 atom stereocenters. The number of hydrogen-bond donors (Lipinski definition) is 2. The molecule has 0 spiro atoms. The molecule has 3 N–H and O–H groups in total. The number of nitrogens with zero attached hydrogens (tertiary/aromatic N) is 4. The van der Waals surface area contributed by atoms with Crippen LogP contribution in [-0.2, 0) is 6.54 Å². The summed E-state index contributed by atoms with van der Waals surface area (Å²) in [5.74, 6) is 5.62. The first kappa shape index (κ1) is 17.4. The van der Waals surface area contributed by atoms with Crippen molar-refractivity contribution < 1.29 is 4.79 Å². The van der Waals surface area contributed by atoms with Gasteiger partial charge in [-0.2, -0.15) is 5.10 Å². The van der Waals surface area contributed by atoms with Crippen molar-refractivity contribution >= 4 is 28.1 Å². The Labute approximate surface area is 161 Å². The number of aromatic amines is 1. The molecule has 0 aromatic carbocycles. The van der Waals surface area contributed by atoms with Crippen molar-refractivity contribution in [2.24, 2.45) is 5.73 Å². The highest BCUT2D eigenvalue weighted by molar-refractivity contribution is 7.19. The van der Waals surface area contributed by atoms with Crippen LogP contribution in [0, 0.1) is 11.8 Å². The van der Waals surface area contributed by atoms with Crippen LogP contribution in [0.3, 0.4) is 0 Å². The van der Waals surface area contributed by atoms with Gasteiger partial charge in [0.15, 0.2) is 10.8 Å². The molecular weight excluding hydrogens is 360 g/mol. The molecule has 0 aliphatic heterocycles. The van der Waals surface area contributed by atoms with Crippen LogP contribution in [-0.4, -0.2) is 31.7 Å². The van der Waals surface area contributed by atoms with E-state index >= 15 is 0 Å². The zero-order valence-corrected chi connectivity index (χ0v) is 15.8. The van der Waals surface area contributed by atoms with Crippen LogP contribution < -0.4 is 10.6 Å². The van der Waals surface area contributed by atoms with Crippen molar-refractivity contribution in [2.45, 2.75) is 38.8 Å². The van der Waals surface area contributed by atoms with Gasteiger partial charge in [0.1, 0.15) is 6.54 Å². The summed E-state index contributed by atoms with van der Waals surface area (Å²) in [5.41, 5.74) is 7.67. The molecule has 0 unspecified atom stereocenters. The number of nitrogens with one attached hydrogen (secondary N) is 1. The van der Waals surface area contributed by atoms with Crippen LogP contribution in [0.4, 0.5) is 10.8 Å². The van der Waals surface area contributed by atoms with Crippen molar-refractivity contribution in [3.63, 3.8) is 0 Å². The smallest absolute Gasteiger partial charge is 0.268 e. The molecule has 4 rings (SSSR count). The van der Waals surface area contributed by atoms with Crippen LogP contribution in [0.15, 0.2) is 30.7 Å². The fraction of sp³-hybridized carbons (Fsp3) is 0.316. The third-order valence-electron chi connectivity index (χ3n) is 4.25. The van der Waals surface area contributed by atoms with E-state index in [0.29, 0.717) is 18.3 Å². The highest BCUT2D eigenvalue weighted by Crippen LogP contribution is 2.42. The summed E-state index contributed by atoms with van der Waals surface area (Å²) in [5, 5.41) is 5.17. The molecule has 1 fully saturated rings. The van der Waals surface area contributed by atoms with Gasteiger partial charge >= 0.3 is 0 Å². The number of amides is 1. The van der Waals surface area contributed by atoms with Crippen molar-refractivity contribution in [1.82, 2.24) is 19.7 Å². The van der Waals surface area contributed by atoms with Gasteiger partial charge in [0.05, 0.1) is 22.5 Å². The van der Waals surface area contributed by atoms with Gasteiger partial charge in [0.25, 0.3) is 5.91 Å². The first-order valence-electron chi connectivity index (χ1n) is 8.89. The monoisotopic (exact) mass is 380 g/mol. The lowest BCUT2D eigenvalue weighted by Crippen LogP contribution is -2.19. The Morgan fingerprint density at radius 1 is 1.48 bits per heavy atom. The molecule has 8 heteroatoms. The predicted octanol–water partition coefficient (Wildman–Crippen LogP) is 3.15. The topological polar surface area (TPSA) is 92.8 Å². The number of aromatic nitrogens is 4. The van der Waals surface area contributed by atoms with E-state index in [9.17, 15) is 4.79 Å². The van der Waals surface area contributed by atoms with Gasteiger partial charge in [0.2, 0.25) is 0 Å². The Morgan fingerprint density at radius 2 is 2.33 bits per heavy atom. The van der Waals surface area contributed by atoms with Crippen molar-refractivity contribution in [2.75, 3.05) is 4.90 Å². The first-order chi connectivity index (χ1) is 13.2. The second kappa shape index (κ2) is 7.29. The van der Waals surface area contributed by atoms with E-state index < -0.39 is 5.91 Å². The van der Waals surface area contributed by atoms with Crippen molar-refractivity contribution in [3.8, 4) is 22.4 Å². The Morgan fingerprint density at radius 3 is 3.00 bits per heavy atom. The maximum atomic E-state index is 11.9. The van der Waals surface area contributed by atoms with Gasteiger partial charge in [-0.05, 0) is 25.0 Å². The highest BCUT2D eigenvalue weighted by Gasteiger charge is 2.34.